The zero-order valence-electron chi connectivity index (χ0n) is 22.1. The van der Waals surface area contributed by atoms with Crippen molar-refractivity contribution in [3.8, 4) is 11.5 Å². The Kier molecular flexibility index (Phi) is 8.19. The molecule has 0 fully saturated rings. The minimum absolute atomic E-state index is 0.111. The minimum atomic E-state index is -3.95. The molecule has 10 nitrogen and oxygen atoms in total. The van der Waals surface area contributed by atoms with Crippen LogP contribution < -0.4 is 19.1 Å². The third-order valence-electron chi connectivity index (χ3n) is 6.16. The molecule has 0 aromatic heterocycles. The second kappa shape index (κ2) is 11.2. The molecule has 1 aliphatic rings. The third kappa shape index (κ3) is 6.18. The van der Waals surface area contributed by atoms with E-state index < -0.39 is 32.1 Å². The van der Waals surface area contributed by atoms with Crippen molar-refractivity contribution in [2.75, 3.05) is 38.1 Å². The maximum atomic E-state index is 13.6. The van der Waals surface area contributed by atoms with Gasteiger partial charge in [-0.1, -0.05) is 23.8 Å². The van der Waals surface area contributed by atoms with E-state index in [4.69, 9.17) is 9.47 Å². The fourth-order valence-electron chi connectivity index (χ4n) is 3.94. The van der Waals surface area contributed by atoms with Crippen molar-refractivity contribution in [3.05, 3.63) is 77.9 Å². The van der Waals surface area contributed by atoms with Gasteiger partial charge in [0.15, 0.2) is 6.10 Å². The van der Waals surface area contributed by atoms with Gasteiger partial charge in [-0.2, -0.15) is 0 Å². The summed E-state index contributed by atoms with van der Waals surface area (Å²) >= 11 is 0. The van der Waals surface area contributed by atoms with Crippen molar-refractivity contribution in [3.63, 3.8) is 0 Å². The van der Waals surface area contributed by atoms with E-state index in [1.807, 2.05) is 13.8 Å². The molecule has 4 rings (SSSR count). The van der Waals surface area contributed by atoms with Crippen LogP contribution in [0.25, 0.3) is 0 Å². The summed E-state index contributed by atoms with van der Waals surface area (Å²) in [5.41, 5.74) is 2.16. The molecule has 1 atom stereocenters. The van der Waals surface area contributed by atoms with Crippen LogP contribution in [0.5, 0.6) is 11.5 Å². The van der Waals surface area contributed by atoms with Gasteiger partial charge >= 0.3 is 0 Å². The molecule has 12 heteroatoms. The van der Waals surface area contributed by atoms with Gasteiger partial charge in [0.25, 0.3) is 15.9 Å². The quantitative estimate of drug-likeness (QED) is 0.391. The molecule has 0 saturated carbocycles. The maximum Gasteiger partial charge on any atom is 0.264 e. The van der Waals surface area contributed by atoms with Crippen molar-refractivity contribution in [1.82, 2.24) is 9.62 Å². The molecule has 1 amide bonds. The summed E-state index contributed by atoms with van der Waals surface area (Å²) < 4.78 is 65.3. The molecule has 208 valence electrons. The van der Waals surface area contributed by atoms with Gasteiger partial charge in [-0.05, 0) is 67.9 Å². The van der Waals surface area contributed by atoms with Gasteiger partial charge in [-0.15, -0.1) is 0 Å². The molecule has 0 saturated heterocycles. The Labute approximate surface area is 229 Å². The first-order chi connectivity index (χ1) is 18.4. The number of nitrogens with one attached hydrogen (secondary N) is 1. The standard InChI is InChI=1S/C27H31N3O7S2/c1-19-5-10-23(11-6-19)39(34,35)30-18-26(37-25-14-7-20(2)17-24(25)30)27(31)28-15-16-36-21-8-12-22(13-9-21)38(32,33)29(3)4/h5-14,17,26H,15-16,18H2,1-4H3,(H,28,31)/t26-/m0/s1. The van der Waals surface area contributed by atoms with Crippen LogP contribution in [-0.4, -0.2) is 66.9 Å². The summed E-state index contributed by atoms with van der Waals surface area (Å²) in [6, 6.07) is 17.7. The van der Waals surface area contributed by atoms with Gasteiger partial charge in [0.05, 0.1) is 28.6 Å². The average molecular weight is 574 g/mol. The lowest BCUT2D eigenvalue weighted by atomic mass is 10.1. The molecule has 3 aromatic carbocycles. The summed E-state index contributed by atoms with van der Waals surface area (Å²) in [6.07, 6.45) is -1.07. The highest BCUT2D eigenvalue weighted by atomic mass is 32.2. The highest BCUT2D eigenvalue weighted by molar-refractivity contribution is 7.92. The van der Waals surface area contributed by atoms with E-state index in [0.717, 1.165) is 15.4 Å². The summed E-state index contributed by atoms with van der Waals surface area (Å²) in [7, 11) is -4.59. The number of carbonyl (C=O) groups excluding carboxylic acids is 1. The molecule has 39 heavy (non-hydrogen) atoms. The second-order valence-electron chi connectivity index (χ2n) is 9.33. The number of hydrogen-bond acceptors (Lipinski definition) is 7. The van der Waals surface area contributed by atoms with E-state index in [1.54, 1.807) is 42.5 Å². The number of rotatable bonds is 9. The molecule has 1 heterocycles. The Balaban J connectivity index is 1.42. The highest BCUT2D eigenvalue weighted by Crippen LogP contribution is 2.37. The maximum absolute atomic E-state index is 13.6. The van der Waals surface area contributed by atoms with Crippen LogP contribution in [0.4, 0.5) is 5.69 Å². The summed E-state index contributed by atoms with van der Waals surface area (Å²) in [5.74, 6) is 0.253. The SMILES string of the molecule is Cc1ccc(S(=O)(=O)N2C[C@@H](C(=O)NCCOc3ccc(S(=O)(=O)N(C)C)cc3)Oc3ccc(C)cc32)cc1. The molecule has 1 aliphatic heterocycles. The molecule has 0 radical (unpaired) electrons. The van der Waals surface area contributed by atoms with Crippen LogP contribution in [-0.2, 0) is 24.8 Å². The van der Waals surface area contributed by atoms with Crippen molar-refractivity contribution in [2.45, 2.75) is 29.7 Å². The lowest BCUT2D eigenvalue weighted by Gasteiger charge is -2.35. The lowest BCUT2D eigenvalue weighted by Crippen LogP contribution is -2.51. The number of benzene rings is 3. The highest BCUT2D eigenvalue weighted by Gasteiger charge is 2.37. The first kappa shape index (κ1) is 28.4. The third-order valence-corrected chi connectivity index (χ3v) is 9.78. The Morgan fingerprint density at radius 2 is 1.56 bits per heavy atom. The number of anilines is 1. The van der Waals surface area contributed by atoms with Crippen LogP contribution in [0.15, 0.2) is 76.5 Å². The molecule has 0 bridgehead atoms. The van der Waals surface area contributed by atoms with Gasteiger partial charge in [0.1, 0.15) is 18.1 Å². The fourth-order valence-corrected chi connectivity index (χ4v) is 6.31. The van der Waals surface area contributed by atoms with E-state index in [2.05, 4.69) is 5.32 Å². The van der Waals surface area contributed by atoms with E-state index >= 15 is 0 Å². The number of amides is 1. The fraction of sp³-hybridized carbons (Fsp3) is 0.296. The van der Waals surface area contributed by atoms with Crippen molar-refractivity contribution < 1.29 is 31.1 Å². The average Bonchev–Trinajstić information content (AvgIpc) is 2.90. The molecular weight excluding hydrogens is 542 g/mol. The van der Waals surface area contributed by atoms with Crippen LogP contribution >= 0.6 is 0 Å². The Morgan fingerprint density at radius 3 is 2.21 bits per heavy atom. The van der Waals surface area contributed by atoms with Crippen LogP contribution in [0.2, 0.25) is 0 Å². The largest absolute Gasteiger partial charge is 0.492 e. The van der Waals surface area contributed by atoms with Gasteiger partial charge in [-0.25, -0.2) is 21.1 Å². The molecular formula is C27H31N3O7S2. The number of carbonyl (C=O) groups is 1. The predicted octanol–water partition coefficient (Wildman–Crippen LogP) is 2.71. The zero-order chi connectivity index (χ0) is 28.4. The normalized spacial score (nSPS) is 15.4. The minimum Gasteiger partial charge on any atom is -0.492 e. The predicted molar refractivity (Wildman–Crippen MR) is 147 cm³/mol. The monoisotopic (exact) mass is 573 g/mol. The molecule has 0 unspecified atom stereocenters. The van der Waals surface area contributed by atoms with Crippen molar-refractivity contribution in [2.24, 2.45) is 0 Å². The van der Waals surface area contributed by atoms with Gasteiger partial charge in [0, 0.05) is 14.1 Å². The summed E-state index contributed by atoms with van der Waals surface area (Å²) in [5, 5.41) is 2.72. The van der Waals surface area contributed by atoms with Crippen LogP contribution in [0, 0.1) is 13.8 Å². The number of sulfonamides is 2. The number of fused-ring (bicyclic) bond motifs is 1. The lowest BCUT2D eigenvalue weighted by molar-refractivity contribution is -0.127. The van der Waals surface area contributed by atoms with E-state index in [0.29, 0.717) is 17.2 Å². The summed E-state index contributed by atoms with van der Waals surface area (Å²) in [4.78, 5) is 13.2. The van der Waals surface area contributed by atoms with E-state index in [1.165, 1.54) is 42.7 Å². The second-order valence-corrected chi connectivity index (χ2v) is 13.3. The van der Waals surface area contributed by atoms with Crippen molar-refractivity contribution in [1.29, 1.82) is 0 Å². The summed E-state index contributed by atoms with van der Waals surface area (Å²) in [6.45, 7) is 3.77. The van der Waals surface area contributed by atoms with Crippen LogP contribution in [0.3, 0.4) is 0 Å². The smallest absolute Gasteiger partial charge is 0.264 e. The first-order valence-electron chi connectivity index (χ1n) is 12.2. The number of aryl methyl sites for hydroxylation is 2. The van der Waals surface area contributed by atoms with Crippen molar-refractivity contribution >= 4 is 31.6 Å². The van der Waals surface area contributed by atoms with Gasteiger partial charge in [-0.3, -0.25) is 9.10 Å². The Hall–Kier alpha value is -3.61. The number of ether oxygens (including phenoxy) is 2. The topological polar surface area (TPSA) is 122 Å². The Morgan fingerprint density at radius 1 is 0.949 bits per heavy atom. The number of hydrogen-bond donors (Lipinski definition) is 1. The van der Waals surface area contributed by atoms with E-state index in [-0.39, 0.29) is 29.5 Å². The van der Waals surface area contributed by atoms with Gasteiger partial charge < -0.3 is 14.8 Å². The first-order valence-corrected chi connectivity index (χ1v) is 15.1. The molecule has 0 aliphatic carbocycles. The molecule has 1 N–H and O–H groups in total. The Bertz CT molecular complexity index is 1550. The molecule has 3 aromatic rings. The van der Waals surface area contributed by atoms with Crippen LogP contribution in [0.1, 0.15) is 11.1 Å². The molecule has 0 spiro atoms. The zero-order valence-corrected chi connectivity index (χ0v) is 23.8. The number of nitrogens with zero attached hydrogens (tertiary/aromatic N) is 2. The van der Waals surface area contributed by atoms with E-state index in [9.17, 15) is 21.6 Å². The van der Waals surface area contributed by atoms with Gasteiger partial charge in [0.2, 0.25) is 10.0 Å².